The summed E-state index contributed by atoms with van der Waals surface area (Å²) in [6, 6.07) is 1.47. The topological polar surface area (TPSA) is 53.7 Å². The van der Waals surface area contributed by atoms with E-state index in [4.69, 9.17) is 9.52 Å². The van der Waals surface area contributed by atoms with Crippen LogP contribution in [0.1, 0.15) is 24.4 Å². The van der Waals surface area contributed by atoms with Crippen LogP contribution in [0.2, 0.25) is 0 Å². The number of nitrogens with zero attached hydrogens (tertiary/aromatic N) is 1. The number of anilines is 1. The standard InChI is InChI=1S/C9H12BrNO3/c1-3-11(4-2)8-6(10)5-7(14-8)9(12)13/h5H,3-4H2,1-2H3,(H,12,13). The Balaban J connectivity index is 3.02. The fourth-order valence-corrected chi connectivity index (χ4v) is 1.73. The third-order valence-corrected chi connectivity index (χ3v) is 2.50. The van der Waals surface area contributed by atoms with Gasteiger partial charge in [0.15, 0.2) is 0 Å². The summed E-state index contributed by atoms with van der Waals surface area (Å²) in [4.78, 5) is 12.6. The van der Waals surface area contributed by atoms with Gasteiger partial charge in [0.2, 0.25) is 11.6 Å². The molecule has 1 heterocycles. The molecular weight excluding hydrogens is 250 g/mol. The maximum Gasteiger partial charge on any atom is 0.371 e. The highest BCUT2D eigenvalue weighted by atomic mass is 79.9. The van der Waals surface area contributed by atoms with Crippen molar-refractivity contribution in [3.05, 3.63) is 16.3 Å². The van der Waals surface area contributed by atoms with Crippen LogP contribution in [-0.2, 0) is 0 Å². The van der Waals surface area contributed by atoms with Gasteiger partial charge in [-0.15, -0.1) is 0 Å². The molecule has 0 aliphatic rings. The third kappa shape index (κ3) is 2.09. The Morgan fingerprint density at radius 3 is 2.50 bits per heavy atom. The first-order valence-electron chi connectivity index (χ1n) is 4.37. The fraction of sp³-hybridized carbons (Fsp3) is 0.444. The molecule has 0 saturated heterocycles. The smallest absolute Gasteiger partial charge is 0.371 e. The van der Waals surface area contributed by atoms with Gasteiger partial charge >= 0.3 is 5.97 Å². The van der Waals surface area contributed by atoms with E-state index in [2.05, 4.69) is 15.9 Å². The molecule has 0 aliphatic carbocycles. The quantitative estimate of drug-likeness (QED) is 0.906. The van der Waals surface area contributed by atoms with Crippen LogP contribution in [-0.4, -0.2) is 24.2 Å². The van der Waals surface area contributed by atoms with Gasteiger partial charge < -0.3 is 14.4 Å². The van der Waals surface area contributed by atoms with Crippen LogP contribution in [0.3, 0.4) is 0 Å². The molecule has 1 N–H and O–H groups in total. The van der Waals surface area contributed by atoms with Crippen molar-refractivity contribution >= 4 is 27.8 Å². The highest BCUT2D eigenvalue weighted by Crippen LogP contribution is 2.29. The minimum Gasteiger partial charge on any atom is -0.475 e. The lowest BCUT2D eigenvalue weighted by Gasteiger charge is -2.17. The maximum atomic E-state index is 10.6. The maximum absolute atomic E-state index is 10.6. The number of carbonyl (C=O) groups is 1. The average molecular weight is 262 g/mol. The van der Waals surface area contributed by atoms with Gasteiger partial charge in [0, 0.05) is 19.2 Å². The number of furan rings is 1. The molecule has 0 spiro atoms. The molecule has 78 valence electrons. The molecule has 0 amide bonds. The summed E-state index contributed by atoms with van der Waals surface area (Å²) >= 11 is 3.27. The van der Waals surface area contributed by atoms with E-state index in [1.165, 1.54) is 6.07 Å². The fourth-order valence-electron chi connectivity index (χ4n) is 1.19. The zero-order chi connectivity index (χ0) is 10.7. The molecule has 0 bridgehead atoms. The van der Waals surface area contributed by atoms with Crippen molar-refractivity contribution < 1.29 is 14.3 Å². The number of hydrogen-bond acceptors (Lipinski definition) is 3. The second kappa shape index (κ2) is 4.50. The van der Waals surface area contributed by atoms with Gasteiger partial charge in [-0.05, 0) is 29.8 Å². The summed E-state index contributed by atoms with van der Waals surface area (Å²) in [5.74, 6) is -0.518. The molecule has 0 unspecified atom stereocenters. The van der Waals surface area contributed by atoms with Crippen molar-refractivity contribution in [1.82, 2.24) is 0 Å². The lowest BCUT2D eigenvalue weighted by molar-refractivity contribution is 0.0663. The molecule has 14 heavy (non-hydrogen) atoms. The van der Waals surface area contributed by atoms with Crippen LogP contribution in [0.4, 0.5) is 5.88 Å². The second-order valence-electron chi connectivity index (χ2n) is 2.74. The first-order valence-corrected chi connectivity index (χ1v) is 5.17. The minimum absolute atomic E-state index is 0.0428. The number of carboxylic acid groups (broad SMARTS) is 1. The average Bonchev–Trinajstić information content (AvgIpc) is 2.51. The number of rotatable bonds is 4. The number of hydrogen-bond donors (Lipinski definition) is 1. The predicted octanol–water partition coefficient (Wildman–Crippen LogP) is 2.59. The van der Waals surface area contributed by atoms with E-state index in [0.717, 1.165) is 13.1 Å². The Morgan fingerprint density at radius 2 is 2.14 bits per heavy atom. The Morgan fingerprint density at radius 1 is 1.57 bits per heavy atom. The molecule has 5 heteroatoms. The highest BCUT2D eigenvalue weighted by molar-refractivity contribution is 9.10. The van der Waals surface area contributed by atoms with E-state index in [1.807, 2.05) is 18.7 Å². The Labute approximate surface area is 90.6 Å². The van der Waals surface area contributed by atoms with Crippen LogP contribution in [0.15, 0.2) is 15.0 Å². The van der Waals surface area contributed by atoms with Crippen molar-refractivity contribution in [2.24, 2.45) is 0 Å². The van der Waals surface area contributed by atoms with Gasteiger partial charge in [-0.1, -0.05) is 0 Å². The molecule has 0 aromatic carbocycles. The van der Waals surface area contributed by atoms with Crippen LogP contribution < -0.4 is 4.90 Å². The van der Waals surface area contributed by atoms with Gasteiger partial charge in [-0.2, -0.15) is 0 Å². The number of halogens is 1. The van der Waals surface area contributed by atoms with E-state index in [0.29, 0.717) is 10.4 Å². The van der Waals surface area contributed by atoms with Crippen molar-refractivity contribution in [3.8, 4) is 0 Å². The molecule has 0 radical (unpaired) electrons. The lowest BCUT2D eigenvalue weighted by atomic mass is 10.4. The van der Waals surface area contributed by atoms with Crippen LogP contribution in [0.25, 0.3) is 0 Å². The van der Waals surface area contributed by atoms with Gasteiger partial charge in [0.25, 0.3) is 0 Å². The SMILES string of the molecule is CCN(CC)c1oc(C(=O)O)cc1Br. The van der Waals surface area contributed by atoms with Crippen LogP contribution >= 0.6 is 15.9 Å². The van der Waals surface area contributed by atoms with E-state index in [9.17, 15) is 4.79 Å². The summed E-state index contributed by atoms with van der Waals surface area (Å²) < 4.78 is 5.88. The normalized spacial score (nSPS) is 10.2. The van der Waals surface area contributed by atoms with Gasteiger partial charge in [-0.3, -0.25) is 0 Å². The van der Waals surface area contributed by atoms with E-state index in [-0.39, 0.29) is 5.76 Å². The van der Waals surface area contributed by atoms with Gasteiger partial charge in [-0.25, -0.2) is 4.79 Å². The van der Waals surface area contributed by atoms with Gasteiger partial charge in [0.05, 0.1) is 4.47 Å². The highest BCUT2D eigenvalue weighted by Gasteiger charge is 2.17. The molecule has 1 aromatic rings. The zero-order valence-electron chi connectivity index (χ0n) is 8.08. The summed E-state index contributed by atoms with van der Waals surface area (Å²) in [6.45, 7) is 5.53. The minimum atomic E-state index is -1.05. The molecule has 1 rings (SSSR count). The van der Waals surface area contributed by atoms with E-state index in [1.54, 1.807) is 0 Å². The van der Waals surface area contributed by atoms with E-state index >= 15 is 0 Å². The van der Waals surface area contributed by atoms with Crippen LogP contribution in [0.5, 0.6) is 0 Å². The molecule has 0 saturated carbocycles. The van der Waals surface area contributed by atoms with Crippen molar-refractivity contribution in [2.75, 3.05) is 18.0 Å². The molecule has 4 nitrogen and oxygen atoms in total. The Hall–Kier alpha value is -0.970. The third-order valence-electron chi connectivity index (χ3n) is 1.93. The first-order chi connectivity index (χ1) is 6.60. The second-order valence-corrected chi connectivity index (χ2v) is 3.60. The lowest BCUT2D eigenvalue weighted by Crippen LogP contribution is -2.21. The van der Waals surface area contributed by atoms with Crippen molar-refractivity contribution in [2.45, 2.75) is 13.8 Å². The predicted molar refractivity (Wildman–Crippen MR) is 56.9 cm³/mol. The largest absolute Gasteiger partial charge is 0.475 e. The molecule has 0 aliphatic heterocycles. The van der Waals surface area contributed by atoms with E-state index < -0.39 is 5.97 Å². The summed E-state index contributed by atoms with van der Waals surface area (Å²) in [5.41, 5.74) is 0. The summed E-state index contributed by atoms with van der Waals surface area (Å²) in [5, 5.41) is 8.72. The van der Waals surface area contributed by atoms with Gasteiger partial charge in [0.1, 0.15) is 0 Å². The zero-order valence-corrected chi connectivity index (χ0v) is 9.67. The van der Waals surface area contributed by atoms with Crippen molar-refractivity contribution in [1.29, 1.82) is 0 Å². The number of carboxylic acids is 1. The summed E-state index contributed by atoms with van der Waals surface area (Å²) in [7, 11) is 0. The first kappa shape index (κ1) is 11.1. The molecule has 0 atom stereocenters. The summed E-state index contributed by atoms with van der Waals surface area (Å²) in [6.07, 6.45) is 0. The van der Waals surface area contributed by atoms with Crippen LogP contribution in [0, 0.1) is 0 Å². The Bertz CT molecular complexity index is 331. The Kier molecular flexibility index (Phi) is 3.57. The monoisotopic (exact) mass is 261 g/mol. The van der Waals surface area contributed by atoms with Crippen molar-refractivity contribution in [3.63, 3.8) is 0 Å². The molecule has 1 aromatic heterocycles. The molecular formula is C9H12BrNO3. The number of aromatic carboxylic acids is 1. The molecule has 0 fully saturated rings.